The Hall–Kier alpha value is -2.51. The molecule has 0 unspecified atom stereocenters. The van der Waals surface area contributed by atoms with E-state index in [4.69, 9.17) is 0 Å². The molecule has 1 saturated heterocycles. The Morgan fingerprint density at radius 1 is 1.14 bits per heavy atom. The molecule has 2 aromatic carbocycles. The third-order valence-corrected chi connectivity index (χ3v) is 5.79. The molecule has 0 radical (unpaired) electrons. The second-order valence-electron chi connectivity index (χ2n) is 7.44. The van der Waals surface area contributed by atoms with Gasteiger partial charge in [-0.15, -0.1) is 0 Å². The normalized spacial score (nSPS) is 15.5. The van der Waals surface area contributed by atoms with E-state index in [2.05, 4.69) is 55.4 Å². The van der Waals surface area contributed by atoms with E-state index in [1.165, 1.54) is 16.5 Å². The number of rotatable bonds is 5. The van der Waals surface area contributed by atoms with Gasteiger partial charge in [0.1, 0.15) is 6.54 Å². The summed E-state index contributed by atoms with van der Waals surface area (Å²) < 4.78 is 2.18. The van der Waals surface area contributed by atoms with Crippen LogP contribution in [-0.2, 0) is 17.9 Å². The van der Waals surface area contributed by atoms with E-state index >= 15 is 0 Å². The summed E-state index contributed by atoms with van der Waals surface area (Å²) in [5, 5.41) is 3.58. The molecule has 7 heteroatoms. The van der Waals surface area contributed by atoms with Crippen LogP contribution in [0.15, 0.2) is 64.1 Å². The predicted molar refractivity (Wildman–Crippen MR) is 117 cm³/mol. The van der Waals surface area contributed by atoms with Crippen molar-refractivity contribution in [1.82, 2.24) is 19.8 Å². The minimum atomic E-state index is -0.205. The lowest BCUT2D eigenvalue weighted by Crippen LogP contribution is -2.45. The van der Waals surface area contributed by atoms with Gasteiger partial charge in [0.25, 0.3) is 5.56 Å². The molecule has 1 aliphatic rings. The van der Waals surface area contributed by atoms with Crippen molar-refractivity contribution >= 4 is 32.7 Å². The molecule has 6 nitrogen and oxygen atoms in total. The Labute approximate surface area is 177 Å². The van der Waals surface area contributed by atoms with Crippen molar-refractivity contribution in [2.45, 2.75) is 32.0 Å². The molecule has 0 aliphatic carbocycles. The molecule has 1 aliphatic heterocycles. The summed E-state index contributed by atoms with van der Waals surface area (Å²) in [6, 6.07) is 15.9. The van der Waals surface area contributed by atoms with Crippen molar-refractivity contribution in [3.05, 3.63) is 75.2 Å². The van der Waals surface area contributed by atoms with Crippen molar-refractivity contribution in [3.63, 3.8) is 0 Å². The molecule has 2 heterocycles. The first kappa shape index (κ1) is 19.8. The van der Waals surface area contributed by atoms with Crippen LogP contribution in [0.4, 0.5) is 0 Å². The fraction of sp³-hybridized carbons (Fsp3) is 0.318. The van der Waals surface area contributed by atoms with Crippen LogP contribution in [0.2, 0.25) is 0 Å². The number of hydrogen-bond acceptors (Lipinski definition) is 4. The van der Waals surface area contributed by atoms with E-state index in [0.717, 1.165) is 36.9 Å². The molecule has 29 heavy (non-hydrogen) atoms. The van der Waals surface area contributed by atoms with Crippen LogP contribution in [0.1, 0.15) is 18.4 Å². The average molecular weight is 455 g/mol. The maximum atomic E-state index is 12.6. The Bertz CT molecular complexity index is 1060. The van der Waals surface area contributed by atoms with Crippen molar-refractivity contribution in [2.75, 3.05) is 13.1 Å². The Morgan fingerprint density at radius 3 is 2.66 bits per heavy atom. The molecule has 0 atom stereocenters. The molecule has 1 amide bonds. The Kier molecular flexibility index (Phi) is 6.06. The number of nitrogens with one attached hydrogen (secondary N) is 1. The molecular formula is C22H23BrN4O2. The number of nitrogens with zero attached hydrogens (tertiary/aromatic N) is 3. The van der Waals surface area contributed by atoms with Crippen LogP contribution < -0.4 is 10.9 Å². The number of likely N-dealkylation sites (tertiary alicyclic amines) is 1. The molecule has 0 bridgehead atoms. The maximum Gasteiger partial charge on any atom is 0.261 e. The number of fused-ring (bicyclic) bond motifs is 1. The lowest BCUT2D eigenvalue weighted by Gasteiger charge is -2.32. The van der Waals surface area contributed by atoms with Crippen LogP contribution in [0.5, 0.6) is 0 Å². The SMILES string of the molecule is O=C(Cn1cnc2ccc(Br)cc2c1=O)NC1CCN(Cc2ccccc2)CC1. The molecular weight excluding hydrogens is 432 g/mol. The van der Waals surface area contributed by atoms with E-state index in [0.29, 0.717) is 10.9 Å². The first-order valence-corrected chi connectivity index (χ1v) is 10.6. The van der Waals surface area contributed by atoms with Crippen molar-refractivity contribution < 1.29 is 4.79 Å². The molecule has 1 aromatic heterocycles. The number of benzene rings is 2. The highest BCUT2D eigenvalue weighted by Crippen LogP contribution is 2.15. The zero-order chi connectivity index (χ0) is 20.2. The van der Waals surface area contributed by atoms with Gasteiger partial charge in [-0.05, 0) is 36.6 Å². The number of hydrogen-bond donors (Lipinski definition) is 1. The third kappa shape index (κ3) is 4.92. The molecule has 3 aromatic rings. The highest BCUT2D eigenvalue weighted by molar-refractivity contribution is 9.10. The zero-order valence-corrected chi connectivity index (χ0v) is 17.6. The quantitative estimate of drug-likeness (QED) is 0.643. The number of piperidine rings is 1. The van der Waals surface area contributed by atoms with Crippen molar-refractivity contribution in [3.8, 4) is 0 Å². The molecule has 4 rings (SSSR count). The van der Waals surface area contributed by atoms with Gasteiger partial charge in [0.05, 0.1) is 17.2 Å². The van der Waals surface area contributed by atoms with Gasteiger partial charge in [-0.1, -0.05) is 46.3 Å². The molecule has 1 fully saturated rings. The smallest absolute Gasteiger partial charge is 0.261 e. The maximum absolute atomic E-state index is 12.6. The zero-order valence-electron chi connectivity index (χ0n) is 16.1. The van der Waals surface area contributed by atoms with Crippen LogP contribution in [0, 0.1) is 0 Å². The monoisotopic (exact) mass is 454 g/mol. The van der Waals surface area contributed by atoms with Gasteiger partial charge in [0, 0.05) is 30.1 Å². The fourth-order valence-electron chi connectivity index (χ4n) is 3.75. The summed E-state index contributed by atoms with van der Waals surface area (Å²) in [6.45, 7) is 2.82. The van der Waals surface area contributed by atoms with Gasteiger partial charge < -0.3 is 5.32 Å². The number of amides is 1. The summed E-state index contributed by atoms with van der Waals surface area (Å²) in [5.74, 6) is -0.148. The van der Waals surface area contributed by atoms with Crippen LogP contribution in [0.3, 0.4) is 0 Å². The summed E-state index contributed by atoms with van der Waals surface area (Å²) >= 11 is 3.37. The number of aromatic nitrogens is 2. The van der Waals surface area contributed by atoms with E-state index in [9.17, 15) is 9.59 Å². The van der Waals surface area contributed by atoms with Gasteiger partial charge in [-0.2, -0.15) is 0 Å². The van der Waals surface area contributed by atoms with E-state index in [1.54, 1.807) is 12.1 Å². The number of carbonyl (C=O) groups excluding carboxylic acids is 1. The first-order valence-electron chi connectivity index (χ1n) is 9.79. The standard InChI is InChI=1S/C22H23BrN4O2/c23-17-6-7-20-19(12-17)22(29)27(15-24-20)14-21(28)25-18-8-10-26(11-9-18)13-16-4-2-1-3-5-16/h1-7,12,15,18H,8-11,13-14H2,(H,25,28). The minimum absolute atomic E-state index is 0.0154. The Morgan fingerprint density at radius 2 is 1.90 bits per heavy atom. The molecule has 0 saturated carbocycles. The van der Waals surface area contributed by atoms with Gasteiger partial charge in [0.15, 0.2) is 0 Å². The average Bonchev–Trinajstić information content (AvgIpc) is 2.73. The van der Waals surface area contributed by atoms with E-state index in [1.807, 2.05) is 12.1 Å². The van der Waals surface area contributed by atoms with Gasteiger partial charge >= 0.3 is 0 Å². The Balaban J connectivity index is 1.32. The lowest BCUT2D eigenvalue weighted by atomic mass is 10.0. The summed E-state index contributed by atoms with van der Waals surface area (Å²) in [7, 11) is 0. The third-order valence-electron chi connectivity index (χ3n) is 5.30. The second-order valence-corrected chi connectivity index (χ2v) is 8.36. The lowest BCUT2D eigenvalue weighted by molar-refractivity contribution is -0.122. The first-order chi connectivity index (χ1) is 14.1. The largest absolute Gasteiger partial charge is 0.352 e. The number of halogens is 1. The van der Waals surface area contributed by atoms with Crippen LogP contribution in [-0.4, -0.2) is 39.5 Å². The highest BCUT2D eigenvalue weighted by Gasteiger charge is 2.21. The van der Waals surface area contributed by atoms with E-state index in [-0.39, 0.29) is 24.1 Å². The molecule has 0 spiro atoms. The van der Waals surface area contributed by atoms with Crippen LogP contribution >= 0.6 is 15.9 Å². The number of carbonyl (C=O) groups is 1. The molecule has 150 valence electrons. The van der Waals surface area contributed by atoms with E-state index < -0.39 is 0 Å². The highest BCUT2D eigenvalue weighted by atomic mass is 79.9. The minimum Gasteiger partial charge on any atom is -0.352 e. The topological polar surface area (TPSA) is 67.2 Å². The van der Waals surface area contributed by atoms with Gasteiger partial charge in [-0.3, -0.25) is 19.1 Å². The van der Waals surface area contributed by atoms with Gasteiger partial charge in [-0.25, -0.2) is 4.98 Å². The summed E-state index contributed by atoms with van der Waals surface area (Å²) in [4.78, 5) is 31.8. The summed E-state index contributed by atoms with van der Waals surface area (Å²) in [5.41, 5.74) is 1.73. The summed E-state index contributed by atoms with van der Waals surface area (Å²) in [6.07, 6.45) is 3.27. The fourth-order valence-corrected chi connectivity index (χ4v) is 4.11. The second kappa shape index (κ2) is 8.88. The molecule has 1 N–H and O–H groups in total. The van der Waals surface area contributed by atoms with Crippen molar-refractivity contribution in [1.29, 1.82) is 0 Å². The predicted octanol–water partition coefficient (Wildman–Crippen LogP) is 2.94. The van der Waals surface area contributed by atoms with Gasteiger partial charge in [0.2, 0.25) is 5.91 Å². The van der Waals surface area contributed by atoms with Crippen LogP contribution in [0.25, 0.3) is 10.9 Å². The van der Waals surface area contributed by atoms with Crippen molar-refractivity contribution in [2.24, 2.45) is 0 Å².